The molecule has 0 aliphatic carbocycles. The van der Waals surface area contributed by atoms with Gasteiger partial charge in [-0.3, -0.25) is 0 Å². The molecule has 0 fully saturated rings. The van der Waals surface area contributed by atoms with E-state index in [0.717, 1.165) is 0 Å². The second-order valence-electron chi connectivity index (χ2n) is 0.875. The van der Waals surface area contributed by atoms with E-state index in [1.807, 2.05) is 19.9 Å². The molecule has 30 valence electrons. The molecule has 0 bridgehead atoms. The molecule has 0 aliphatic rings. The number of hydrogen-bond acceptors (Lipinski definition) is 0. The van der Waals surface area contributed by atoms with E-state index in [2.05, 4.69) is 15.9 Å². The lowest BCUT2D eigenvalue weighted by atomic mass is 10.6. The van der Waals surface area contributed by atoms with Crippen LogP contribution in [0.5, 0.6) is 0 Å². The molecule has 0 atom stereocenters. The van der Waals surface area contributed by atoms with Gasteiger partial charge in [-0.2, -0.15) is 0 Å². The lowest BCUT2D eigenvalue weighted by molar-refractivity contribution is 1.61. The summed E-state index contributed by atoms with van der Waals surface area (Å²) in [4.78, 5) is 0. The third kappa shape index (κ3) is 4.22. The highest BCUT2D eigenvalue weighted by molar-refractivity contribution is 9.11. The van der Waals surface area contributed by atoms with Crippen LogP contribution < -0.4 is 0 Å². The van der Waals surface area contributed by atoms with Crippen molar-refractivity contribution in [2.45, 2.75) is 13.8 Å². The molecule has 0 amide bonds. The molecule has 0 heterocycles. The van der Waals surface area contributed by atoms with E-state index in [-0.39, 0.29) is 0 Å². The molecule has 0 radical (unpaired) electrons. The first-order chi connectivity index (χ1) is 2.27. The fourth-order valence-electron chi connectivity index (χ4n) is 0. The lowest BCUT2D eigenvalue weighted by Gasteiger charge is -1.70. The minimum atomic E-state index is 1.19. The maximum Gasteiger partial charge on any atom is -0.0123 e. The van der Waals surface area contributed by atoms with E-state index in [0.29, 0.717) is 0 Å². The van der Waals surface area contributed by atoms with Gasteiger partial charge in [0.25, 0.3) is 0 Å². The van der Waals surface area contributed by atoms with Crippen LogP contribution in [-0.4, -0.2) is 0 Å². The molecule has 0 nitrogen and oxygen atoms in total. The van der Waals surface area contributed by atoms with E-state index >= 15 is 0 Å². The fourth-order valence-corrected chi connectivity index (χ4v) is 0. The maximum atomic E-state index is 3.23. The van der Waals surface area contributed by atoms with E-state index < -0.39 is 0 Å². The van der Waals surface area contributed by atoms with Crippen molar-refractivity contribution in [2.75, 3.05) is 0 Å². The summed E-state index contributed by atoms with van der Waals surface area (Å²) >= 11 is 3.23. The molecule has 0 unspecified atom stereocenters. The summed E-state index contributed by atoms with van der Waals surface area (Å²) in [6.45, 7) is 3.99. The lowest BCUT2D eigenvalue weighted by Crippen LogP contribution is -1.44. The monoisotopic (exact) mass is 134 g/mol. The first-order valence-electron chi connectivity index (χ1n) is 1.56. The highest BCUT2D eigenvalue weighted by Crippen LogP contribution is 1.98. The average Bonchev–Trinajstić information content (AvgIpc) is 1.38. The Bertz CT molecular complexity index is 41.6. The van der Waals surface area contributed by atoms with Gasteiger partial charge in [0, 0.05) is 0 Å². The Morgan fingerprint density at radius 2 is 2.00 bits per heavy atom. The zero-order valence-electron chi connectivity index (χ0n) is 3.46. The molecule has 0 aromatic heterocycles. The van der Waals surface area contributed by atoms with Crippen molar-refractivity contribution in [3.8, 4) is 0 Å². The topological polar surface area (TPSA) is 0 Å². The van der Waals surface area contributed by atoms with Crippen molar-refractivity contribution >= 4 is 15.9 Å². The van der Waals surface area contributed by atoms with Crippen molar-refractivity contribution < 1.29 is 0 Å². The van der Waals surface area contributed by atoms with Gasteiger partial charge in [0.15, 0.2) is 0 Å². The average molecular weight is 135 g/mol. The highest BCUT2D eigenvalue weighted by atomic mass is 79.9. The molecule has 0 aromatic carbocycles. The molecular formula is C4H7Br. The quantitative estimate of drug-likeness (QED) is 0.478. The van der Waals surface area contributed by atoms with Gasteiger partial charge >= 0.3 is 0 Å². The molecule has 0 N–H and O–H groups in total. The summed E-state index contributed by atoms with van der Waals surface area (Å²) in [5.74, 6) is 0. The van der Waals surface area contributed by atoms with Crippen molar-refractivity contribution in [1.29, 1.82) is 0 Å². The third-order valence-electron chi connectivity index (χ3n) is 0.398. The Balaban J connectivity index is 3.14. The van der Waals surface area contributed by atoms with E-state index in [9.17, 15) is 0 Å². The molecule has 0 aliphatic heterocycles. The summed E-state index contributed by atoms with van der Waals surface area (Å²) in [7, 11) is 0. The largest absolute Gasteiger partial charge is 0.0778 e. The number of allylic oxidation sites excluding steroid dienone is 2. The predicted octanol–water partition coefficient (Wildman–Crippen LogP) is 2.31. The van der Waals surface area contributed by atoms with Gasteiger partial charge in [-0.1, -0.05) is 22.0 Å². The minimum Gasteiger partial charge on any atom is -0.0778 e. The molecule has 5 heavy (non-hydrogen) atoms. The Morgan fingerprint density at radius 3 is 2.00 bits per heavy atom. The van der Waals surface area contributed by atoms with Crippen LogP contribution in [0, 0.1) is 0 Å². The Morgan fingerprint density at radius 1 is 1.80 bits per heavy atom. The maximum absolute atomic E-state index is 3.23. The first-order valence-corrected chi connectivity index (χ1v) is 2.35. The molecule has 1 heteroatoms. The van der Waals surface area contributed by atoms with Crippen LogP contribution in [0.3, 0.4) is 0 Å². The van der Waals surface area contributed by atoms with Gasteiger partial charge in [0.2, 0.25) is 0 Å². The summed E-state index contributed by atoms with van der Waals surface area (Å²) in [5.41, 5.74) is 0. The van der Waals surface area contributed by atoms with Crippen LogP contribution in [0.15, 0.2) is 10.6 Å². The molecular weight excluding hydrogens is 128 g/mol. The highest BCUT2D eigenvalue weighted by Gasteiger charge is 1.63. The Labute approximate surface area is 41.0 Å². The van der Waals surface area contributed by atoms with E-state index in [1.54, 1.807) is 0 Å². The molecule has 0 rings (SSSR count). The zero-order chi connectivity index (χ0) is 4.28. The summed E-state index contributed by atoms with van der Waals surface area (Å²) in [6.07, 6.45) is 2.00. The van der Waals surface area contributed by atoms with Crippen LogP contribution in [0.25, 0.3) is 0 Å². The van der Waals surface area contributed by atoms with Crippen molar-refractivity contribution in [2.24, 2.45) is 0 Å². The van der Waals surface area contributed by atoms with Crippen molar-refractivity contribution in [3.05, 3.63) is 10.6 Å². The first kappa shape index (κ1) is 5.22. The summed E-state index contributed by atoms with van der Waals surface area (Å²) < 4.78 is 1.19. The smallest absolute Gasteiger partial charge is 0.0123 e. The van der Waals surface area contributed by atoms with Gasteiger partial charge in [-0.05, 0) is 18.3 Å². The van der Waals surface area contributed by atoms with Gasteiger partial charge in [-0.25, -0.2) is 0 Å². The van der Waals surface area contributed by atoms with Crippen molar-refractivity contribution in [3.63, 3.8) is 0 Å². The van der Waals surface area contributed by atoms with Crippen LogP contribution in [-0.2, 0) is 0 Å². The van der Waals surface area contributed by atoms with Crippen molar-refractivity contribution in [1.82, 2.24) is 0 Å². The molecule has 0 aromatic rings. The number of hydrogen-bond donors (Lipinski definition) is 0. The summed E-state index contributed by atoms with van der Waals surface area (Å²) in [5, 5.41) is 0. The van der Waals surface area contributed by atoms with Crippen LogP contribution >= 0.6 is 15.9 Å². The molecule has 0 saturated heterocycles. The van der Waals surface area contributed by atoms with Gasteiger partial charge in [0.1, 0.15) is 0 Å². The van der Waals surface area contributed by atoms with Gasteiger partial charge < -0.3 is 0 Å². The molecule has 0 saturated carbocycles. The minimum absolute atomic E-state index is 1.19. The third-order valence-corrected chi connectivity index (χ3v) is 0.856. The SMILES string of the molecule is C/C=C(/C)Br. The predicted molar refractivity (Wildman–Crippen MR) is 28.4 cm³/mol. The van der Waals surface area contributed by atoms with Crippen LogP contribution in [0.2, 0.25) is 0 Å². The standard InChI is InChI=1S/C4H7Br/c1-3-4(2)5/h3H,1-2H3/b4-3-. The Kier molecular flexibility index (Phi) is 2.57. The Hall–Kier alpha value is 0.220. The normalized spacial score (nSPS) is 12.2. The van der Waals surface area contributed by atoms with E-state index in [1.165, 1.54) is 4.48 Å². The number of halogens is 1. The zero-order valence-corrected chi connectivity index (χ0v) is 5.04. The van der Waals surface area contributed by atoms with Gasteiger partial charge in [-0.15, -0.1) is 0 Å². The van der Waals surface area contributed by atoms with Crippen LogP contribution in [0.1, 0.15) is 13.8 Å². The van der Waals surface area contributed by atoms with E-state index in [4.69, 9.17) is 0 Å². The van der Waals surface area contributed by atoms with Crippen LogP contribution in [0.4, 0.5) is 0 Å². The fraction of sp³-hybridized carbons (Fsp3) is 0.500. The second-order valence-corrected chi connectivity index (χ2v) is 2.13. The van der Waals surface area contributed by atoms with Gasteiger partial charge in [0.05, 0.1) is 0 Å². The molecule has 0 spiro atoms. The second kappa shape index (κ2) is 2.46. The summed E-state index contributed by atoms with van der Waals surface area (Å²) in [6, 6.07) is 0. The number of rotatable bonds is 0.